The Hall–Kier alpha value is -3.98. The standard InChI is InChI=1S/C25H22N2O6S/c1-34(31,32)16-15-22(27-24(29)20-9-5-6-10-21(20)25(27)30)23(28)26-17-11-13-19(14-12-17)33-18-7-3-2-4-8-18/h2-14,22H,15-16H2,1H3,(H,26,28)/t22-/m0/s1. The van der Waals surface area contributed by atoms with Crippen LogP contribution in [0.1, 0.15) is 27.1 Å². The molecule has 1 heterocycles. The number of sulfone groups is 1. The molecule has 1 aliphatic rings. The Balaban J connectivity index is 1.53. The molecule has 9 heteroatoms. The van der Waals surface area contributed by atoms with E-state index in [-0.39, 0.29) is 23.3 Å². The first kappa shape index (κ1) is 23.2. The van der Waals surface area contributed by atoms with Crippen molar-refractivity contribution in [1.82, 2.24) is 4.90 Å². The second-order valence-corrected chi connectivity index (χ2v) is 10.1. The van der Waals surface area contributed by atoms with Crippen LogP contribution in [0.15, 0.2) is 78.9 Å². The van der Waals surface area contributed by atoms with Gasteiger partial charge in [-0.3, -0.25) is 19.3 Å². The molecule has 1 aliphatic heterocycles. The van der Waals surface area contributed by atoms with Crippen molar-refractivity contribution in [3.8, 4) is 11.5 Å². The summed E-state index contributed by atoms with van der Waals surface area (Å²) in [6.45, 7) is 0. The Labute approximate surface area is 197 Å². The number of hydrogen-bond acceptors (Lipinski definition) is 6. The van der Waals surface area contributed by atoms with Gasteiger partial charge in [-0.25, -0.2) is 8.42 Å². The molecule has 0 fully saturated rings. The number of para-hydroxylation sites is 1. The van der Waals surface area contributed by atoms with Gasteiger partial charge < -0.3 is 10.1 Å². The second-order valence-electron chi connectivity index (χ2n) is 7.89. The van der Waals surface area contributed by atoms with Crippen LogP contribution in [-0.2, 0) is 14.6 Å². The van der Waals surface area contributed by atoms with Gasteiger partial charge in [0.25, 0.3) is 11.8 Å². The number of fused-ring (bicyclic) bond motifs is 1. The van der Waals surface area contributed by atoms with Gasteiger partial charge in [0.1, 0.15) is 27.4 Å². The van der Waals surface area contributed by atoms with E-state index in [9.17, 15) is 22.8 Å². The molecule has 3 aromatic rings. The molecule has 8 nitrogen and oxygen atoms in total. The Morgan fingerprint density at radius 3 is 1.94 bits per heavy atom. The van der Waals surface area contributed by atoms with E-state index in [0.29, 0.717) is 17.2 Å². The molecule has 174 valence electrons. The summed E-state index contributed by atoms with van der Waals surface area (Å²) in [5.74, 6) is -1.05. The third kappa shape index (κ3) is 5.15. The van der Waals surface area contributed by atoms with Crippen molar-refractivity contribution >= 4 is 33.2 Å². The molecular weight excluding hydrogens is 456 g/mol. The van der Waals surface area contributed by atoms with Gasteiger partial charge in [-0.15, -0.1) is 0 Å². The minimum absolute atomic E-state index is 0.187. The van der Waals surface area contributed by atoms with Crippen molar-refractivity contribution in [2.45, 2.75) is 12.5 Å². The molecule has 3 aromatic carbocycles. The topological polar surface area (TPSA) is 110 Å². The lowest BCUT2D eigenvalue weighted by Gasteiger charge is -2.25. The van der Waals surface area contributed by atoms with Crippen molar-refractivity contribution in [1.29, 1.82) is 0 Å². The number of ether oxygens (including phenoxy) is 1. The molecule has 0 bridgehead atoms. The van der Waals surface area contributed by atoms with Gasteiger partial charge in [0, 0.05) is 11.9 Å². The Morgan fingerprint density at radius 2 is 1.38 bits per heavy atom. The molecule has 0 unspecified atom stereocenters. The predicted octanol–water partition coefficient (Wildman–Crippen LogP) is 3.52. The van der Waals surface area contributed by atoms with Gasteiger partial charge >= 0.3 is 0 Å². The average Bonchev–Trinajstić information content (AvgIpc) is 3.06. The third-order valence-corrected chi connectivity index (χ3v) is 6.28. The molecule has 0 spiro atoms. The summed E-state index contributed by atoms with van der Waals surface area (Å²) in [5.41, 5.74) is 0.783. The lowest BCUT2D eigenvalue weighted by atomic mass is 10.1. The molecular formula is C25H22N2O6S. The summed E-state index contributed by atoms with van der Waals surface area (Å²) in [5, 5.41) is 2.68. The zero-order chi connectivity index (χ0) is 24.3. The van der Waals surface area contributed by atoms with Crippen LogP contribution in [0.3, 0.4) is 0 Å². The number of hydrogen-bond donors (Lipinski definition) is 1. The summed E-state index contributed by atoms with van der Waals surface area (Å²) < 4.78 is 29.3. The van der Waals surface area contributed by atoms with E-state index in [2.05, 4.69) is 5.32 Å². The minimum Gasteiger partial charge on any atom is -0.457 e. The van der Waals surface area contributed by atoms with E-state index in [1.807, 2.05) is 30.3 Å². The number of nitrogens with one attached hydrogen (secondary N) is 1. The van der Waals surface area contributed by atoms with E-state index in [0.717, 1.165) is 11.2 Å². The monoisotopic (exact) mass is 478 g/mol. The Bertz CT molecular complexity index is 1300. The largest absolute Gasteiger partial charge is 0.457 e. The molecule has 0 aromatic heterocycles. The maximum atomic E-state index is 13.2. The normalized spacial score (nSPS) is 14.0. The molecule has 0 saturated carbocycles. The van der Waals surface area contributed by atoms with E-state index in [1.165, 1.54) is 12.1 Å². The molecule has 0 saturated heterocycles. The number of anilines is 1. The first-order chi connectivity index (χ1) is 16.2. The number of imide groups is 1. The van der Waals surface area contributed by atoms with Crippen molar-refractivity contribution < 1.29 is 27.5 Å². The zero-order valence-corrected chi connectivity index (χ0v) is 19.1. The fraction of sp³-hybridized carbons (Fsp3) is 0.160. The van der Waals surface area contributed by atoms with Gasteiger partial charge in [-0.05, 0) is 55.0 Å². The van der Waals surface area contributed by atoms with E-state index >= 15 is 0 Å². The van der Waals surface area contributed by atoms with Crippen LogP contribution in [0.4, 0.5) is 5.69 Å². The number of rotatable bonds is 8. The predicted molar refractivity (Wildman–Crippen MR) is 127 cm³/mol. The number of amides is 3. The maximum Gasteiger partial charge on any atom is 0.262 e. The first-order valence-corrected chi connectivity index (χ1v) is 12.6. The van der Waals surface area contributed by atoms with Gasteiger partial charge in [0.15, 0.2) is 0 Å². The molecule has 0 radical (unpaired) electrons. The molecule has 34 heavy (non-hydrogen) atoms. The Kier molecular flexibility index (Phi) is 6.47. The van der Waals surface area contributed by atoms with Gasteiger partial charge in [0.2, 0.25) is 5.91 Å². The van der Waals surface area contributed by atoms with Gasteiger partial charge in [-0.1, -0.05) is 30.3 Å². The fourth-order valence-electron chi connectivity index (χ4n) is 3.65. The van der Waals surface area contributed by atoms with Crippen LogP contribution >= 0.6 is 0 Å². The lowest BCUT2D eigenvalue weighted by molar-refractivity contribution is -0.120. The van der Waals surface area contributed by atoms with Gasteiger partial charge in [0.05, 0.1) is 16.9 Å². The highest BCUT2D eigenvalue weighted by molar-refractivity contribution is 7.90. The zero-order valence-electron chi connectivity index (χ0n) is 18.3. The summed E-state index contributed by atoms with van der Waals surface area (Å²) in [6, 6.07) is 20.7. The van der Waals surface area contributed by atoms with Crippen LogP contribution in [0.25, 0.3) is 0 Å². The van der Waals surface area contributed by atoms with Crippen molar-refractivity contribution in [3.05, 3.63) is 90.0 Å². The number of benzene rings is 3. The summed E-state index contributed by atoms with van der Waals surface area (Å²) in [4.78, 5) is 39.8. The number of nitrogens with zero attached hydrogens (tertiary/aromatic N) is 1. The van der Waals surface area contributed by atoms with Crippen molar-refractivity contribution in [2.75, 3.05) is 17.3 Å². The molecule has 3 amide bonds. The van der Waals surface area contributed by atoms with Crippen molar-refractivity contribution in [2.24, 2.45) is 0 Å². The van der Waals surface area contributed by atoms with Crippen LogP contribution in [0.5, 0.6) is 11.5 Å². The van der Waals surface area contributed by atoms with Crippen LogP contribution in [-0.4, -0.2) is 49.1 Å². The molecule has 1 atom stereocenters. The quantitative estimate of drug-likeness (QED) is 0.496. The second kappa shape index (κ2) is 9.48. The highest BCUT2D eigenvalue weighted by atomic mass is 32.2. The fourth-order valence-corrected chi connectivity index (χ4v) is 4.30. The summed E-state index contributed by atoms with van der Waals surface area (Å²) >= 11 is 0. The lowest BCUT2D eigenvalue weighted by Crippen LogP contribution is -2.48. The average molecular weight is 479 g/mol. The summed E-state index contributed by atoms with van der Waals surface area (Å²) in [7, 11) is -3.44. The highest BCUT2D eigenvalue weighted by Gasteiger charge is 2.42. The Morgan fingerprint density at radius 1 is 0.853 bits per heavy atom. The number of carbonyl (C=O) groups excluding carboxylic acids is 3. The molecule has 1 N–H and O–H groups in total. The smallest absolute Gasteiger partial charge is 0.262 e. The first-order valence-electron chi connectivity index (χ1n) is 10.5. The molecule has 4 rings (SSSR count). The van der Waals surface area contributed by atoms with Gasteiger partial charge in [-0.2, -0.15) is 0 Å². The van der Waals surface area contributed by atoms with Crippen LogP contribution in [0.2, 0.25) is 0 Å². The van der Waals surface area contributed by atoms with E-state index in [4.69, 9.17) is 4.74 Å². The highest BCUT2D eigenvalue weighted by Crippen LogP contribution is 2.27. The van der Waals surface area contributed by atoms with E-state index in [1.54, 1.807) is 36.4 Å². The van der Waals surface area contributed by atoms with Crippen LogP contribution < -0.4 is 10.1 Å². The molecule has 0 aliphatic carbocycles. The summed E-state index contributed by atoms with van der Waals surface area (Å²) in [6.07, 6.45) is 0.821. The maximum absolute atomic E-state index is 13.2. The van der Waals surface area contributed by atoms with Crippen LogP contribution in [0, 0.1) is 0 Å². The third-order valence-electron chi connectivity index (χ3n) is 5.30. The SMILES string of the molecule is CS(=O)(=O)CC[C@@H](C(=O)Nc1ccc(Oc2ccccc2)cc1)N1C(=O)c2ccccc2C1=O. The minimum atomic E-state index is -3.44. The number of carbonyl (C=O) groups is 3. The van der Waals surface area contributed by atoms with Crippen molar-refractivity contribution in [3.63, 3.8) is 0 Å². The van der Waals surface area contributed by atoms with E-state index < -0.39 is 33.6 Å².